The van der Waals surface area contributed by atoms with E-state index in [1.165, 1.54) is 38.4 Å². The van der Waals surface area contributed by atoms with Gasteiger partial charge in [-0.25, -0.2) is 4.39 Å². The van der Waals surface area contributed by atoms with Crippen LogP contribution in [0, 0.1) is 11.3 Å². The highest BCUT2D eigenvalue weighted by molar-refractivity contribution is 6.32. The van der Waals surface area contributed by atoms with Crippen LogP contribution >= 0.6 is 11.6 Å². The summed E-state index contributed by atoms with van der Waals surface area (Å²) in [4.78, 5) is 6.88. The Hall–Kier alpha value is -1.43. The molecule has 2 aliphatic rings. The van der Waals surface area contributed by atoms with Crippen LogP contribution in [-0.2, 0) is 0 Å². The van der Waals surface area contributed by atoms with Crippen LogP contribution in [0.5, 0.6) is 5.75 Å². The molecule has 2 aromatic rings. The van der Waals surface area contributed by atoms with Crippen molar-refractivity contribution in [3.8, 4) is 5.75 Å². The number of ether oxygens (including phenoxy) is 1. The van der Waals surface area contributed by atoms with Crippen molar-refractivity contribution in [1.29, 1.82) is 0 Å². The van der Waals surface area contributed by atoms with Crippen molar-refractivity contribution < 1.29 is 14.2 Å². The Morgan fingerprint density at radius 2 is 2.03 bits per heavy atom. The predicted molar refractivity (Wildman–Crippen MR) is 124 cm³/mol. The Labute approximate surface area is 189 Å². The molecule has 2 fully saturated rings. The average Bonchev–Trinajstić information content (AvgIpc) is 3.31. The molecule has 4 rings (SSSR count). The van der Waals surface area contributed by atoms with E-state index in [2.05, 4.69) is 9.88 Å². The van der Waals surface area contributed by atoms with Crippen LogP contribution in [0.2, 0.25) is 5.02 Å². The maximum atomic E-state index is 15.5. The van der Waals surface area contributed by atoms with Crippen LogP contribution in [0.4, 0.5) is 4.39 Å². The van der Waals surface area contributed by atoms with E-state index in [-0.39, 0.29) is 12.0 Å². The number of aromatic nitrogens is 1. The van der Waals surface area contributed by atoms with E-state index in [1.807, 2.05) is 12.1 Å². The van der Waals surface area contributed by atoms with Gasteiger partial charge in [0.25, 0.3) is 0 Å². The molecule has 1 aliphatic heterocycles. The maximum absolute atomic E-state index is 15.5. The van der Waals surface area contributed by atoms with Crippen molar-refractivity contribution in [3.63, 3.8) is 0 Å². The minimum Gasteiger partial charge on any atom is -0.497 e. The molecular formula is C25H34ClFN2O2. The molecule has 31 heavy (non-hydrogen) atoms. The number of benzene rings is 1. The first-order valence-electron chi connectivity index (χ1n) is 11.6. The highest BCUT2D eigenvalue weighted by atomic mass is 35.5. The van der Waals surface area contributed by atoms with Gasteiger partial charge < -0.3 is 14.7 Å². The molecule has 4 nitrogen and oxygen atoms in total. The lowest BCUT2D eigenvalue weighted by Gasteiger charge is -2.42. The first-order chi connectivity index (χ1) is 15.0. The van der Waals surface area contributed by atoms with Crippen LogP contribution in [0.3, 0.4) is 0 Å². The summed E-state index contributed by atoms with van der Waals surface area (Å²) in [6, 6.07) is 5.45. The Morgan fingerprint density at radius 1 is 1.29 bits per heavy atom. The van der Waals surface area contributed by atoms with Gasteiger partial charge in [0.1, 0.15) is 11.9 Å². The number of nitrogens with zero attached hydrogens (tertiary/aromatic N) is 2. The first-order valence-corrected chi connectivity index (χ1v) is 12.0. The predicted octanol–water partition coefficient (Wildman–Crippen LogP) is 5.95. The van der Waals surface area contributed by atoms with E-state index in [4.69, 9.17) is 16.3 Å². The molecule has 2 heterocycles. The van der Waals surface area contributed by atoms with Gasteiger partial charge in [-0.2, -0.15) is 0 Å². The fourth-order valence-electron chi connectivity index (χ4n) is 5.45. The molecule has 1 saturated heterocycles. The van der Waals surface area contributed by atoms with E-state index < -0.39 is 6.17 Å². The summed E-state index contributed by atoms with van der Waals surface area (Å²) in [7, 11) is 1.59. The van der Waals surface area contributed by atoms with Crippen LogP contribution in [0.1, 0.15) is 63.1 Å². The summed E-state index contributed by atoms with van der Waals surface area (Å²) in [5.74, 6) is 1.50. The largest absolute Gasteiger partial charge is 0.497 e. The quantitative estimate of drug-likeness (QED) is 0.541. The van der Waals surface area contributed by atoms with Gasteiger partial charge in [0, 0.05) is 30.3 Å². The molecule has 1 aliphatic carbocycles. The summed E-state index contributed by atoms with van der Waals surface area (Å²) in [5.41, 5.74) is 1.00. The lowest BCUT2D eigenvalue weighted by atomic mass is 9.74. The zero-order valence-electron chi connectivity index (χ0n) is 18.5. The molecule has 1 saturated carbocycles. The fraction of sp³-hybridized carbons (Fsp3) is 0.640. The van der Waals surface area contributed by atoms with Crippen LogP contribution in [0.15, 0.2) is 24.4 Å². The number of aliphatic hydroxyl groups is 1. The second kappa shape index (κ2) is 10.0. The van der Waals surface area contributed by atoms with Gasteiger partial charge in [-0.1, -0.05) is 24.4 Å². The number of alkyl halides is 1. The summed E-state index contributed by atoms with van der Waals surface area (Å²) in [5, 5.41) is 11.2. The zero-order valence-corrected chi connectivity index (χ0v) is 19.2. The van der Waals surface area contributed by atoms with E-state index in [9.17, 15) is 5.11 Å². The van der Waals surface area contributed by atoms with Crippen LogP contribution < -0.4 is 4.74 Å². The number of likely N-dealkylation sites (tertiary alicyclic amines) is 1. The SMILES string of the molecule is COc1ccc2ncc(Cl)c(C(F)CCC3(CO)CCN(CC4CCCC4)CC3)c2c1. The molecule has 1 aromatic heterocycles. The van der Waals surface area contributed by atoms with Gasteiger partial charge in [0.15, 0.2) is 0 Å². The van der Waals surface area contributed by atoms with Gasteiger partial charge in [-0.05, 0) is 81.1 Å². The minimum absolute atomic E-state index is 0.121. The monoisotopic (exact) mass is 448 g/mol. The van der Waals surface area contributed by atoms with Gasteiger partial charge in [-0.15, -0.1) is 0 Å². The number of aliphatic hydroxyl groups excluding tert-OH is 1. The Kier molecular flexibility index (Phi) is 7.35. The molecule has 1 aromatic carbocycles. The number of hydrogen-bond donors (Lipinski definition) is 1. The maximum Gasteiger partial charge on any atom is 0.127 e. The van der Waals surface area contributed by atoms with Gasteiger partial charge >= 0.3 is 0 Å². The normalized spacial score (nSPS) is 20.9. The van der Waals surface area contributed by atoms with E-state index in [0.29, 0.717) is 40.1 Å². The average molecular weight is 449 g/mol. The van der Waals surface area contributed by atoms with Crippen molar-refractivity contribution in [2.75, 3.05) is 33.4 Å². The number of rotatable bonds is 8. The van der Waals surface area contributed by atoms with Crippen molar-refractivity contribution in [2.45, 2.75) is 57.5 Å². The minimum atomic E-state index is -1.20. The lowest BCUT2D eigenvalue weighted by Crippen LogP contribution is -2.43. The number of hydrogen-bond acceptors (Lipinski definition) is 4. The number of piperidine rings is 1. The van der Waals surface area contributed by atoms with Crippen molar-refractivity contribution in [2.24, 2.45) is 11.3 Å². The second-order valence-electron chi connectivity index (χ2n) is 9.52. The summed E-state index contributed by atoms with van der Waals surface area (Å²) < 4.78 is 20.8. The van der Waals surface area contributed by atoms with Crippen molar-refractivity contribution in [3.05, 3.63) is 35.0 Å². The first kappa shape index (κ1) is 22.8. The molecule has 0 radical (unpaired) electrons. The zero-order chi connectivity index (χ0) is 21.8. The van der Waals surface area contributed by atoms with E-state index >= 15 is 4.39 Å². The van der Waals surface area contributed by atoms with E-state index in [0.717, 1.165) is 31.8 Å². The van der Waals surface area contributed by atoms with Crippen LogP contribution in [0.25, 0.3) is 10.9 Å². The van der Waals surface area contributed by atoms with Gasteiger partial charge in [-0.3, -0.25) is 4.98 Å². The van der Waals surface area contributed by atoms with Gasteiger partial charge in [0.05, 0.1) is 17.6 Å². The fourth-order valence-corrected chi connectivity index (χ4v) is 5.71. The highest BCUT2D eigenvalue weighted by Gasteiger charge is 2.35. The third-order valence-corrected chi connectivity index (χ3v) is 7.85. The molecule has 1 N–H and O–H groups in total. The summed E-state index contributed by atoms with van der Waals surface area (Å²) >= 11 is 6.38. The topological polar surface area (TPSA) is 45.6 Å². The molecule has 0 spiro atoms. The molecule has 1 atom stereocenters. The van der Waals surface area contributed by atoms with Gasteiger partial charge in [0.2, 0.25) is 0 Å². The number of halogens is 2. The smallest absolute Gasteiger partial charge is 0.127 e. The molecule has 170 valence electrons. The van der Waals surface area contributed by atoms with Crippen LogP contribution in [-0.4, -0.2) is 48.3 Å². The lowest BCUT2D eigenvalue weighted by molar-refractivity contribution is 0.0257. The Balaban J connectivity index is 1.41. The third kappa shape index (κ3) is 5.15. The van der Waals surface area contributed by atoms with Crippen molar-refractivity contribution >= 4 is 22.5 Å². The molecular weight excluding hydrogens is 415 g/mol. The third-order valence-electron chi connectivity index (χ3n) is 7.55. The Bertz CT molecular complexity index is 879. The Morgan fingerprint density at radius 3 is 2.71 bits per heavy atom. The number of fused-ring (bicyclic) bond motifs is 1. The van der Waals surface area contributed by atoms with Crippen molar-refractivity contribution in [1.82, 2.24) is 9.88 Å². The van der Waals surface area contributed by atoms with E-state index in [1.54, 1.807) is 13.2 Å². The number of pyridine rings is 1. The second-order valence-corrected chi connectivity index (χ2v) is 9.93. The summed E-state index contributed by atoms with van der Waals surface area (Å²) in [6.07, 6.45) is 8.65. The molecule has 0 bridgehead atoms. The number of methoxy groups -OCH3 is 1. The highest BCUT2D eigenvalue weighted by Crippen LogP contribution is 2.42. The molecule has 6 heteroatoms. The molecule has 0 amide bonds. The standard InChI is InChI=1S/C25H34ClFN2O2/c1-31-19-6-7-23-20(14-19)24(21(26)15-28-23)22(27)8-9-25(17-30)10-12-29(13-11-25)16-18-4-2-3-5-18/h6-7,14-15,18,22,30H,2-5,8-13,16-17H2,1H3. The molecule has 1 unspecified atom stereocenters. The summed E-state index contributed by atoms with van der Waals surface area (Å²) in [6.45, 7) is 3.32.